The molecule has 2 aromatic heterocycles. The number of rotatable bonds is 3. The molecule has 0 spiro atoms. The molecular formula is C26H30FN5O2Si. The Balaban J connectivity index is 1.56. The van der Waals surface area contributed by atoms with Crippen molar-refractivity contribution in [2.45, 2.75) is 51.9 Å². The molecule has 35 heavy (non-hydrogen) atoms. The first-order chi connectivity index (χ1) is 16.4. The third-order valence-electron chi connectivity index (χ3n) is 5.32. The number of nitrogens with one attached hydrogen (secondary N) is 1. The summed E-state index contributed by atoms with van der Waals surface area (Å²) in [6.45, 7) is 12.9. The predicted molar refractivity (Wildman–Crippen MR) is 138 cm³/mol. The second-order valence-corrected chi connectivity index (χ2v) is 15.5. The highest BCUT2D eigenvalue weighted by atomic mass is 28.3. The molecule has 1 aromatic carbocycles. The lowest BCUT2D eigenvalue weighted by Crippen LogP contribution is -2.50. The van der Waals surface area contributed by atoms with Crippen LogP contribution in [0, 0.1) is 17.3 Å². The maximum Gasteiger partial charge on any atom is 0.410 e. The molecule has 1 amide bonds. The number of hydrogen-bond acceptors (Lipinski definition) is 6. The minimum Gasteiger partial charge on any atom is -0.444 e. The first kappa shape index (κ1) is 24.6. The minimum atomic E-state index is -1.64. The molecular weight excluding hydrogens is 461 g/mol. The Bertz CT molecular complexity index is 1330. The molecule has 1 fully saturated rings. The van der Waals surface area contributed by atoms with Crippen molar-refractivity contribution in [3.63, 3.8) is 0 Å². The van der Waals surface area contributed by atoms with E-state index in [-0.39, 0.29) is 12.0 Å². The number of amides is 1. The van der Waals surface area contributed by atoms with Crippen molar-refractivity contribution in [2.24, 2.45) is 0 Å². The van der Waals surface area contributed by atoms with E-state index in [1.165, 1.54) is 6.33 Å². The molecule has 0 saturated carbocycles. The average Bonchev–Trinajstić information content (AvgIpc) is 2.71. The van der Waals surface area contributed by atoms with Crippen molar-refractivity contribution in [1.82, 2.24) is 19.9 Å². The zero-order valence-corrected chi connectivity index (χ0v) is 21.9. The van der Waals surface area contributed by atoms with E-state index < -0.39 is 19.5 Å². The molecule has 0 aliphatic carbocycles. The van der Waals surface area contributed by atoms with E-state index in [0.717, 1.165) is 11.1 Å². The van der Waals surface area contributed by atoms with Gasteiger partial charge in [0.25, 0.3) is 0 Å². The zero-order chi connectivity index (χ0) is 25.4. The normalized spacial score (nSPS) is 14.2. The molecule has 1 aliphatic heterocycles. The van der Waals surface area contributed by atoms with Crippen molar-refractivity contribution in [3.8, 4) is 11.5 Å². The Morgan fingerprint density at radius 2 is 1.94 bits per heavy atom. The van der Waals surface area contributed by atoms with Crippen LogP contribution in [0.4, 0.5) is 20.7 Å². The smallest absolute Gasteiger partial charge is 0.410 e. The van der Waals surface area contributed by atoms with Gasteiger partial charge in [0.2, 0.25) is 0 Å². The third kappa shape index (κ3) is 5.95. The van der Waals surface area contributed by atoms with E-state index in [1.54, 1.807) is 29.3 Å². The molecule has 1 N–H and O–H groups in total. The fourth-order valence-corrected chi connectivity index (χ4v) is 4.06. The molecule has 9 heteroatoms. The monoisotopic (exact) mass is 491 g/mol. The Kier molecular flexibility index (Phi) is 6.51. The number of hydrogen-bond donors (Lipinski definition) is 1. The summed E-state index contributed by atoms with van der Waals surface area (Å²) < 4.78 is 20.6. The van der Waals surface area contributed by atoms with Gasteiger partial charge in [0.15, 0.2) is 5.82 Å². The van der Waals surface area contributed by atoms with Gasteiger partial charge in [0.05, 0.1) is 23.0 Å². The summed E-state index contributed by atoms with van der Waals surface area (Å²) in [5, 5.41) is 3.84. The first-order valence-electron chi connectivity index (χ1n) is 11.6. The highest BCUT2D eigenvalue weighted by molar-refractivity contribution is 6.83. The Labute approximate surface area is 206 Å². The summed E-state index contributed by atoms with van der Waals surface area (Å²) in [5.74, 6) is 3.15. The standard InChI is InChI=1S/C26H30FN5O2Si/c1-26(2,3)34-25(33)32-14-18(15-32)21-12-19-22(13-28-21)29-16-30-24(19)31-20-9-7-8-17(23(20)27)10-11-35(4,5)6/h7-9,12-13,16,18H,14-15H2,1-6H3,(H,29,30,31). The molecule has 0 unspecified atom stereocenters. The summed E-state index contributed by atoms with van der Waals surface area (Å²) in [5.41, 5.74) is 4.79. The lowest BCUT2D eigenvalue weighted by Gasteiger charge is -2.39. The van der Waals surface area contributed by atoms with Gasteiger partial charge in [-0.15, -0.1) is 5.54 Å². The Morgan fingerprint density at radius 3 is 2.63 bits per heavy atom. The van der Waals surface area contributed by atoms with Gasteiger partial charge in [-0.05, 0) is 39.0 Å². The fourth-order valence-electron chi connectivity index (χ4n) is 3.55. The van der Waals surface area contributed by atoms with E-state index in [4.69, 9.17) is 4.74 Å². The molecule has 0 radical (unpaired) electrons. The first-order valence-corrected chi connectivity index (χ1v) is 15.1. The molecule has 3 aromatic rings. The number of nitrogens with zero attached hydrogens (tertiary/aromatic N) is 4. The molecule has 182 valence electrons. The lowest BCUT2D eigenvalue weighted by atomic mass is 9.95. The number of aromatic nitrogens is 3. The van der Waals surface area contributed by atoms with Crippen LogP contribution in [-0.2, 0) is 4.74 Å². The van der Waals surface area contributed by atoms with Gasteiger partial charge in [-0.1, -0.05) is 31.6 Å². The van der Waals surface area contributed by atoms with E-state index in [9.17, 15) is 4.79 Å². The Morgan fingerprint density at radius 1 is 1.20 bits per heavy atom. The molecule has 0 bridgehead atoms. The fraction of sp³-hybridized carbons (Fsp3) is 0.385. The lowest BCUT2D eigenvalue weighted by molar-refractivity contribution is 0.00789. The largest absolute Gasteiger partial charge is 0.444 e. The molecule has 4 rings (SSSR count). The van der Waals surface area contributed by atoms with Crippen molar-refractivity contribution in [2.75, 3.05) is 18.4 Å². The van der Waals surface area contributed by atoms with Crippen LogP contribution in [0.1, 0.15) is 37.9 Å². The number of carbonyl (C=O) groups excluding carboxylic acids is 1. The van der Waals surface area contributed by atoms with Crippen molar-refractivity contribution < 1.29 is 13.9 Å². The number of carbonyl (C=O) groups is 1. The van der Waals surface area contributed by atoms with E-state index in [0.29, 0.717) is 35.7 Å². The summed E-state index contributed by atoms with van der Waals surface area (Å²) in [4.78, 5) is 27.1. The second kappa shape index (κ2) is 9.27. The second-order valence-electron chi connectivity index (χ2n) is 10.7. The topological polar surface area (TPSA) is 80.2 Å². The van der Waals surface area contributed by atoms with Crippen molar-refractivity contribution in [3.05, 3.63) is 53.9 Å². The summed E-state index contributed by atoms with van der Waals surface area (Å²) >= 11 is 0. The quantitative estimate of drug-likeness (QED) is 0.387. The minimum absolute atomic E-state index is 0.0804. The number of likely N-dealkylation sites (tertiary alicyclic amines) is 1. The van der Waals surface area contributed by atoms with Crippen LogP contribution >= 0.6 is 0 Å². The molecule has 3 heterocycles. The van der Waals surface area contributed by atoms with Crippen LogP contribution in [-0.4, -0.2) is 52.7 Å². The average molecular weight is 492 g/mol. The Hall–Kier alpha value is -3.51. The highest BCUT2D eigenvalue weighted by Gasteiger charge is 2.35. The summed E-state index contributed by atoms with van der Waals surface area (Å²) in [7, 11) is -1.64. The van der Waals surface area contributed by atoms with Crippen molar-refractivity contribution in [1.29, 1.82) is 0 Å². The van der Waals surface area contributed by atoms with Crippen LogP contribution in [0.3, 0.4) is 0 Å². The van der Waals surface area contributed by atoms with Crippen LogP contribution in [0.5, 0.6) is 0 Å². The van der Waals surface area contributed by atoms with Crippen LogP contribution in [0.25, 0.3) is 10.9 Å². The SMILES string of the molecule is CC(C)(C)OC(=O)N1CC(c2cc3c(Nc4cccc(C#C[Si](C)(C)C)c4F)ncnc3cn2)C1. The van der Waals surface area contributed by atoms with Crippen LogP contribution in [0.2, 0.25) is 19.6 Å². The number of benzene rings is 1. The van der Waals surface area contributed by atoms with Gasteiger partial charge >= 0.3 is 6.09 Å². The van der Waals surface area contributed by atoms with Gasteiger partial charge in [-0.2, -0.15) is 0 Å². The van der Waals surface area contributed by atoms with Gasteiger partial charge in [-0.25, -0.2) is 19.2 Å². The number of halogens is 1. The number of pyridine rings is 1. The maximum atomic E-state index is 15.2. The van der Waals surface area contributed by atoms with Crippen LogP contribution < -0.4 is 5.32 Å². The molecule has 7 nitrogen and oxygen atoms in total. The summed E-state index contributed by atoms with van der Waals surface area (Å²) in [6, 6.07) is 7.02. The molecule has 0 atom stereocenters. The van der Waals surface area contributed by atoms with E-state index in [1.807, 2.05) is 26.8 Å². The van der Waals surface area contributed by atoms with Crippen molar-refractivity contribution >= 4 is 36.6 Å². The van der Waals surface area contributed by atoms with E-state index in [2.05, 4.69) is 51.4 Å². The molecule has 1 saturated heterocycles. The maximum absolute atomic E-state index is 15.2. The van der Waals surface area contributed by atoms with Gasteiger partial charge in [0, 0.05) is 30.1 Å². The van der Waals surface area contributed by atoms with Gasteiger partial charge < -0.3 is 15.0 Å². The number of anilines is 2. The number of fused-ring (bicyclic) bond motifs is 1. The van der Waals surface area contributed by atoms with Crippen LogP contribution in [0.15, 0.2) is 36.8 Å². The van der Waals surface area contributed by atoms with E-state index >= 15 is 4.39 Å². The van der Waals surface area contributed by atoms with Gasteiger partial charge in [0.1, 0.15) is 25.8 Å². The highest BCUT2D eigenvalue weighted by Crippen LogP contribution is 2.31. The predicted octanol–water partition coefficient (Wildman–Crippen LogP) is 5.47. The third-order valence-corrected chi connectivity index (χ3v) is 6.19. The summed E-state index contributed by atoms with van der Waals surface area (Å²) in [6.07, 6.45) is 2.78. The number of ether oxygens (including phenoxy) is 1. The van der Waals surface area contributed by atoms with Gasteiger partial charge in [-0.3, -0.25) is 4.98 Å². The molecule has 1 aliphatic rings. The zero-order valence-electron chi connectivity index (χ0n) is 20.9.